The van der Waals surface area contributed by atoms with Crippen molar-refractivity contribution in [2.75, 3.05) is 0 Å². The van der Waals surface area contributed by atoms with Gasteiger partial charge < -0.3 is 4.79 Å². The number of carbonyl (C=O) groups is 3. The van der Waals surface area contributed by atoms with Crippen LogP contribution in [0.1, 0.15) is 72.6 Å². The van der Waals surface area contributed by atoms with E-state index in [-0.39, 0.29) is 29.3 Å². The van der Waals surface area contributed by atoms with Crippen LogP contribution in [0.25, 0.3) is 0 Å². The molecule has 1 rings (SSSR count). The number of Topliss-reactive ketones (excluding diaryl/α,β-unsaturated/α-hetero) is 2. The van der Waals surface area contributed by atoms with Crippen LogP contribution >= 0.6 is 0 Å². The van der Waals surface area contributed by atoms with Gasteiger partial charge in [0, 0.05) is 24.7 Å². The average Bonchev–Trinajstić information content (AvgIpc) is 2.46. The number of hydrogen-bond donors (Lipinski definition) is 0. The molecule has 0 spiro atoms. The van der Waals surface area contributed by atoms with E-state index in [2.05, 4.69) is 6.92 Å². The Labute approximate surface area is 140 Å². The van der Waals surface area contributed by atoms with Crippen LogP contribution in [0, 0.1) is 23.7 Å². The van der Waals surface area contributed by atoms with E-state index in [1.807, 2.05) is 19.9 Å². The van der Waals surface area contributed by atoms with Crippen LogP contribution in [0.2, 0.25) is 0 Å². The summed E-state index contributed by atoms with van der Waals surface area (Å²) in [7, 11) is 0. The first kappa shape index (κ1) is 19.8. The molecule has 3 unspecified atom stereocenters. The molecule has 3 atom stereocenters. The molecule has 0 saturated heterocycles. The number of rotatable bonds is 9. The van der Waals surface area contributed by atoms with E-state index < -0.39 is 0 Å². The molecule has 3 nitrogen and oxygen atoms in total. The molecule has 0 N–H and O–H groups in total. The predicted molar refractivity (Wildman–Crippen MR) is 93.1 cm³/mol. The Morgan fingerprint density at radius 2 is 1.83 bits per heavy atom. The highest BCUT2D eigenvalue weighted by atomic mass is 16.1. The first-order valence-corrected chi connectivity index (χ1v) is 9.02. The molecule has 0 aromatic rings. The van der Waals surface area contributed by atoms with Gasteiger partial charge in [-0.1, -0.05) is 33.3 Å². The molecule has 1 aliphatic rings. The molecule has 0 radical (unpaired) electrons. The van der Waals surface area contributed by atoms with Crippen LogP contribution in [0.15, 0.2) is 12.2 Å². The second-order valence-electron chi connectivity index (χ2n) is 7.61. The van der Waals surface area contributed by atoms with Gasteiger partial charge in [0.25, 0.3) is 0 Å². The van der Waals surface area contributed by atoms with Crippen LogP contribution in [0.4, 0.5) is 0 Å². The summed E-state index contributed by atoms with van der Waals surface area (Å²) < 4.78 is 0. The predicted octanol–water partition coefficient (Wildman–Crippen LogP) is 4.54. The molecule has 3 heteroatoms. The van der Waals surface area contributed by atoms with Crippen molar-refractivity contribution in [3.63, 3.8) is 0 Å². The topological polar surface area (TPSA) is 51.2 Å². The molecule has 130 valence electrons. The van der Waals surface area contributed by atoms with Gasteiger partial charge in [0.1, 0.15) is 11.6 Å². The minimum atomic E-state index is 0.0311. The molecule has 0 aromatic carbocycles. The van der Waals surface area contributed by atoms with Gasteiger partial charge in [0.2, 0.25) is 0 Å². The van der Waals surface area contributed by atoms with Crippen molar-refractivity contribution >= 4 is 17.3 Å². The summed E-state index contributed by atoms with van der Waals surface area (Å²) in [5, 5.41) is 0. The number of ketones is 3. The first-order chi connectivity index (χ1) is 10.8. The van der Waals surface area contributed by atoms with Crippen molar-refractivity contribution in [2.45, 2.75) is 72.6 Å². The maximum Gasteiger partial charge on any atom is 0.157 e. The van der Waals surface area contributed by atoms with E-state index >= 15 is 0 Å². The standard InChI is InChI=1S/C20H32O3/c1-14(2)19(22)10-5-7-15(3)11-20(23)18-9-6-8-17(13-18)12-16(4)21/h5,10,14-15,17-18H,6-9,11-13H2,1-4H3/b10-5+. The highest BCUT2D eigenvalue weighted by Crippen LogP contribution is 2.33. The largest absolute Gasteiger partial charge is 0.300 e. The third-order valence-electron chi connectivity index (χ3n) is 4.75. The Hall–Kier alpha value is -1.25. The first-order valence-electron chi connectivity index (χ1n) is 9.02. The summed E-state index contributed by atoms with van der Waals surface area (Å²) in [4.78, 5) is 35.3. The SMILES string of the molecule is CC(=O)CC1CCCC(C(=O)CC(C)C/C=C/C(=O)C(C)C)C1. The van der Waals surface area contributed by atoms with Crippen LogP contribution < -0.4 is 0 Å². The van der Waals surface area contributed by atoms with Crippen molar-refractivity contribution in [2.24, 2.45) is 23.7 Å². The minimum absolute atomic E-state index is 0.0311. The molecule has 0 aromatic heterocycles. The zero-order valence-electron chi connectivity index (χ0n) is 15.1. The Morgan fingerprint density at radius 3 is 2.43 bits per heavy atom. The fourth-order valence-electron chi connectivity index (χ4n) is 3.38. The minimum Gasteiger partial charge on any atom is -0.300 e. The molecule has 1 saturated carbocycles. The third kappa shape index (κ3) is 7.71. The molecule has 0 aliphatic heterocycles. The van der Waals surface area contributed by atoms with Crippen molar-refractivity contribution < 1.29 is 14.4 Å². The van der Waals surface area contributed by atoms with Crippen molar-refractivity contribution in [1.29, 1.82) is 0 Å². The number of hydrogen-bond acceptors (Lipinski definition) is 3. The van der Waals surface area contributed by atoms with Crippen molar-refractivity contribution in [3.05, 3.63) is 12.2 Å². The summed E-state index contributed by atoms with van der Waals surface area (Å²) >= 11 is 0. The lowest BCUT2D eigenvalue weighted by molar-refractivity contribution is -0.126. The quantitative estimate of drug-likeness (QED) is 0.586. The van der Waals surface area contributed by atoms with Crippen LogP contribution in [0.3, 0.4) is 0 Å². The highest BCUT2D eigenvalue weighted by molar-refractivity contribution is 5.91. The molecule has 0 bridgehead atoms. The van der Waals surface area contributed by atoms with E-state index in [1.165, 1.54) is 0 Å². The molecule has 1 aliphatic carbocycles. The Kier molecular flexibility index (Phi) is 8.43. The highest BCUT2D eigenvalue weighted by Gasteiger charge is 2.28. The monoisotopic (exact) mass is 320 g/mol. The average molecular weight is 320 g/mol. The molecular formula is C20H32O3. The molecule has 0 heterocycles. The molecule has 0 amide bonds. The van der Waals surface area contributed by atoms with E-state index in [1.54, 1.807) is 13.0 Å². The molecule has 1 fully saturated rings. The van der Waals surface area contributed by atoms with Gasteiger partial charge in [-0.15, -0.1) is 0 Å². The molecule has 23 heavy (non-hydrogen) atoms. The summed E-state index contributed by atoms with van der Waals surface area (Å²) in [5.74, 6) is 1.55. The number of allylic oxidation sites excluding steroid dienone is 2. The lowest BCUT2D eigenvalue weighted by Gasteiger charge is -2.28. The second-order valence-corrected chi connectivity index (χ2v) is 7.61. The summed E-state index contributed by atoms with van der Waals surface area (Å²) in [5.41, 5.74) is 0. The van der Waals surface area contributed by atoms with E-state index in [0.717, 1.165) is 32.1 Å². The maximum absolute atomic E-state index is 12.5. The van der Waals surface area contributed by atoms with Gasteiger partial charge >= 0.3 is 0 Å². The van der Waals surface area contributed by atoms with Crippen LogP contribution in [-0.4, -0.2) is 17.3 Å². The van der Waals surface area contributed by atoms with Crippen LogP contribution in [-0.2, 0) is 14.4 Å². The Balaban J connectivity index is 2.39. The van der Waals surface area contributed by atoms with E-state index in [4.69, 9.17) is 0 Å². The zero-order chi connectivity index (χ0) is 17.4. The lowest BCUT2D eigenvalue weighted by atomic mass is 9.76. The zero-order valence-corrected chi connectivity index (χ0v) is 15.1. The van der Waals surface area contributed by atoms with E-state index in [9.17, 15) is 14.4 Å². The second kappa shape index (κ2) is 9.79. The fraction of sp³-hybridized carbons (Fsp3) is 0.750. The Morgan fingerprint density at radius 1 is 1.13 bits per heavy atom. The normalized spacial score (nSPS) is 23.2. The fourth-order valence-corrected chi connectivity index (χ4v) is 3.38. The summed E-state index contributed by atoms with van der Waals surface area (Å²) in [6, 6.07) is 0. The lowest BCUT2D eigenvalue weighted by Crippen LogP contribution is -2.25. The van der Waals surface area contributed by atoms with Crippen molar-refractivity contribution in [1.82, 2.24) is 0 Å². The number of carbonyl (C=O) groups excluding carboxylic acids is 3. The van der Waals surface area contributed by atoms with Crippen LogP contribution in [0.5, 0.6) is 0 Å². The summed E-state index contributed by atoms with van der Waals surface area (Å²) in [6.07, 6.45) is 9.53. The van der Waals surface area contributed by atoms with Gasteiger partial charge in [0.15, 0.2) is 5.78 Å². The smallest absolute Gasteiger partial charge is 0.157 e. The Bertz CT molecular complexity index is 448. The van der Waals surface area contributed by atoms with Crippen molar-refractivity contribution in [3.8, 4) is 0 Å². The van der Waals surface area contributed by atoms with Gasteiger partial charge in [-0.3, -0.25) is 9.59 Å². The van der Waals surface area contributed by atoms with Gasteiger partial charge in [0.05, 0.1) is 0 Å². The van der Waals surface area contributed by atoms with Gasteiger partial charge in [-0.25, -0.2) is 0 Å². The van der Waals surface area contributed by atoms with E-state index in [0.29, 0.717) is 24.5 Å². The summed E-state index contributed by atoms with van der Waals surface area (Å²) in [6.45, 7) is 7.48. The molecular weight excluding hydrogens is 288 g/mol. The maximum atomic E-state index is 12.5. The van der Waals surface area contributed by atoms with Gasteiger partial charge in [-0.05, 0) is 50.5 Å². The third-order valence-corrected chi connectivity index (χ3v) is 4.75. The van der Waals surface area contributed by atoms with Gasteiger partial charge in [-0.2, -0.15) is 0 Å².